The molecule has 0 saturated carbocycles. The number of benzene rings is 2. The number of carbonyl (C=O) groups excluding carboxylic acids is 1. The van der Waals surface area contributed by atoms with E-state index in [1.807, 2.05) is 30.3 Å². The summed E-state index contributed by atoms with van der Waals surface area (Å²) in [5.41, 5.74) is 3.30. The number of nitrogens with zero attached hydrogens (tertiary/aromatic N) is 1. The highest BCUT2D eigenvalue weighted by molar-refractivity contribution is 7.22. The van der Waals surface area contributed by atoms with Crippen LogP contribution < -0.4 is 14.8 Å². The lowest BCUT2D eigenvalue weighted by Crippen LogP contribution is -2.20. The Morgan fingerprint density at radius 1 is 1.14 bits per heavy atom. The van der Waals surface area contributed by atoms with Gasteiger partial charge in [0.2, 0.25) is 0 Å². The molecular formula is C23H28N2O3S. The number of rotatable bonds is 9. The fourth-order valence-corrected chi connectivity index (χ4v) is 3.98. The Balaban J connectivity index is 1.57. The molecule has 0 fully saturated rings. The summed E-state index contributed by atoms with van der Waals surface area (Å²) in [5.74, 6) is 1.76. The van der Waals surface area contributed by atoms with Crippen LogP contribution in [0, 0.1) is 6.92 Å². The number of aryl methyl sites for hydroxylation is 1. The average Bonchev–Trinajstić information content (AvgIpc) is 3.07. The van der Waals surface area contributed by atoms with Crippen molar-refractivity contribution in [3.63, 3.8) is 0 Å². The van der Waals surface area contributed by atoms with Crippen LogP contribution in [0.15, 0.2) is 36.4 Å². The van der Waals surface area contributed by atoms with E-state index in [9.17, 15) is 4.79 Å². The van der Waals surface area contributed by atoms with E-state index in [2.05, 4.69) is 44.1 Å². The Morgan fingerprint density at radius 3 is 2.62 bits per heavy atom. The number of unbranched alkanes of at least 4 members (excludes halogenated alkanes) is 1. The summed E-state index contributed by atoms with van der Waals surface area (Å²) >= 11 is 1.43. The van der Waals surface area contributed by atoms with E-state index in [0.717, 1.165) is 28.8 Å². The first-order chi connectivity index (χ1) is 14.0. The zero-order chi connectivity index (χ0) is 20.8. The molecule has 0 saturated heterocycles. The number of thiazole rings is 1. The van der Waals surface area contributed by atoms with E-state index < -0.39 is 0 Å². The average molecular weight is 413 g/mol. The van der Waals surface area contributed by atoms with Crippen molar-refractivity contribution in [2.24, 2.45) is 0 Å². The second-order valence-electron chi connectivity index (χ2n) is 7.36. The Morgan fingerprint density at radius 2 is 1.90 bits per heavy atom. The summed E-state index contributed by atoms with van der Waals surface area (Å²) in [6, 6.07) is 11.7. The first-order valence-corrected chi connectivity index (χ1v) is 10.8. The minimum Gasteiger partial charge on any atom is -0.494 e. The smallest absolute Gasteiger partial charge is 0.264 e. The fourth-order valence-electron chi connectivity index (χ4n) is 3.07. The van der Waals surface area contributed by atoms with Crippen molar-refractivity contribution in [1.29, 1.82) is 0 Å². The summed E-state index contributed by atoms with van der Waals surface area (Å²) in [6.07, 6.45) is 2.13. The topological polar surface area (TPSA) is 60.5 Å². The van der Waals surface area contributed by atoms with Gasteiger partial charge in [-0.15, -0.1) is 0 Å². The quantitative estimate of drug-likeness (QED) is 0.443. The van der Waals surface area contributed by atoms with Gasteiger partial charge in [-0.2, -0.15) is 0 Å². The molecule has 0 aliphatic heterocycles. The third kappa shape index (κ3) is 5.70. The lowest BCUT2D eigenvalue weighted by molar-refractivity contribution is -0.118. The lowest BCUT2D eigenvalue weighted by Gasteiger charge is -2.12. The summed E-state index contributed by atoms with van der Waals surface area (Å²) in [5, 5.41) is 3.38. The van der Waals surface area contributed by atoms with Gasteiger partial charge in [0, 0.05) is 0 Å². The molecule has 0 radical (unpaired) electrons. The van der Waals surface area contributed by atoms with Gasteiger partial charge in [0.05, 0.1) is 16.8 Å². The van der Waals surface area contributed by atoms with E-state index in [0.29, 0.717) is 23.4 Å². The third-order valence-electron chi connectivity index (χ3n) is 4.61. The maximum atomic E-state index is 12.3. The van der Waals surface area contributed by atoms with Gasteiger partial charge in [-0.05, 0) is 60.7 Å². The first kappa shape index (κ1) is 21.1. The molecule has 1 amide bonds. The monoisotopic (exact) mass is 412 g/mol. The molecular weight excluding hydrogens is 384 g/mol. The highest BCUT2D eigenvalue weighted by atomic mass is 32.1. The lowest BCUT2D eigenvalue weighted by atomic mass is 9.98. The molecule has 0 aliphatic carbocycles. The highest BCUT2D eigenvalue weighted by Crippen LogP contribution is 2.29. The van der Waals surface area contributed by atoms with Gasteiger partial charge < -0.3 is 9.47 Å². The van der Waals surface area contributed by atoms with Crippen LogP contribution in [-0.2, 0) is 4.79 Å². The van der Waals surface area contributed by atoms with Crippen LogP contribution in [0.1, 0.15) is 50.7 Å². The van der Waals surface area contributed by atoms with Crippen LogP contribution in [0.5, 0.6) is 11.5 Å². The molecule has 1 N–H and O–H groups in total. The second kappa shape index (κ2) is 9.74. The molecule has 0 atom stereocenters. The van der Waals surface area contributed by atoms with Crippen LogP contribution in [0.2, 0.25) is 0 Å². The van der Waals surface area contributed by atoms with Gasteiger partial charge in [0.15, 0.2) is 11.7 Å². The first-order valence-electron chi connectivity index (χ1n) is 10.0. The number of aromatic nitrogens is 1. The van der Waals surface area contributed by atoms with Crippen molar-refractivity contribution in [2.75, 3.05) is 18.5 Å². The maximum Gasteiger partial charge on any atom is 0.264 e. The van der Waals surface area contributed by atoms with Crippen LogP contribution in [0.4, 0.5) is 5.13 Å². The second-order valence-corrected chi connectivity index (χ2v) is 8.39. The van der Waals surface area contributed by atoms with Crippen molar-refractivity contribution in [3.8, 4) is 11.5 Å². The molecule has 0 spiro atoms. The van der Waals surface area contributed by atoms with E-state index in [1.165, 1.54) is 22.5 Å². The largest absolute Gasteiger partial charge is 0.494 e. The van der Waals surface area contributed by atoms with Crippen LogP contribution in [0.3, 0.4) is 0 Å². The molecule has 29 heavy (non-hydrogen) atoms. The molecule has 0 aliphatic rings. The molecule has 3 aromatic rings. The third-order valence-corrected chi connectivity index (χ3v) is 5.54. The van der Waals surface area contributed by atoms with Gasteiger partial charge >= 0.3 is 0 Å². The van der Waals surface area contributed by atoms with Gasteiger partial charge in [0.1, 0.15) is 11.5 Å². The number of nitrogens with one attached hydrogen (secondary N) is 1. The van der Waals surface area contributed by atoms with Gasteiger partial charge in [0.25, 0.3) is 5.91 Å². The highest BCUT2D eigenvalue weighted by Gasteiger charge is 2.11. The molecule has 1 heterocycles. The van der Waals surface area contributed by atoms with Crippen molar-refractivity contribution in [3.05, 3.63) is 47.5 Å². The van der Waals surface area contributed by atoms with Crippen LogP contribution >= 0.6 is 11.3 Å². The number of anilines is 1. The Hall–Kier alpha value is -2.60. The van der Waals surface area contributed by atoms with Crippen molar-refractivity contribution in [1.82, 2.24) is 4.98 Å². The van der Waals surface area contributed by atoms with Crippen LogP contribution in [0.25, 0.3) is 10.2 Å². The number of fused-ring (bicyclic) bond motifs is 1. The summed E-state index contributed by atoms with van der Waals surface area (Å²) in [7, 11) is 0. The van der Waals surface area contributed by atoms with Gasteiger partial charge in [-0.25, -0.2) is 4.98 Å². The molecule has 0 bridgehead atoms. The molecule has 0 unspecified atom stereocenters. The summed E-state index contributed by atoms with van der Waals surface area (Å²) in [4.78, 5) is 16.7. The summed E-state index contributed by atoms with van der Waals surface area (Å²) < 4.78 is 12.4. The minimum atomic E-state index is -0.228. The van der Waals surface area contributed by atoms with Crippen molar-refractivity contribution < 1.29 is 14.3 Å². The van der Waals surface area contributed by atoms with Crippen molar-refractivity contribution >= 4 is 32.6 Å². The minimum absolute atomic E-state index is 0.0538. The Labute approximate surface area is 176 Å². The molecule has 5 nitrogen and oxygen atoms in total. The van der Waals surface area contributed by atoms with Gasteiger partial charge in [-0.1, -0.05) is 44.6 Å². The van der Waals surface area contributed by atoms with E-state index >= 15 is 0 Å². The van der Waals surface area contributed by atoms with Crippen molar-refractivity contribution in [2.45, 2.75) is 46.5 Å². The molecule has 154 valence electrons. The zero-order valence-electron chi connectivity index (χ0n) is 17.5. The van der Waals surface area contributed by atoms with E-state index in [1.54, 1.807) is 0 Å². The zero-order valence-corrected chi connectivity index (χ0v) is 18.3. The van der Waals surface area contributed by atoms with E-state index in [-0.39, 0.29) is 12.5 Å². The van der Waals surface area contributed by atoms with E-state index in [4.69, 9.17) is 9.47 Å². The van der Waals surface area contributed by atoms with Gasteiger partial charge in [-0.3, -0.25) is 10.1 Å². The number of ether oxygens (including phenoxy) is 2. The number of hydrogen-bond acceptors (Lipinski definition) is 5. The van der Waals surface area contributed by atoms with Crippen LogP contribution in [-0.4, -0.2) is 24.1 Å². The molecule has 2 aromatic carbocycles. The summed E-state index contributed by atoms with van der Waals surface area (Å²) in [6.45, 7) is 9.17. The SMILES string of the molecule is CCCCOc1ccc2nc(NC(=O)COc3ccc(C(C)C)c(C)c3)sc2c1. The Bertz CT molecular complexity index is 981. The number of hydrogen-bond donors (Lipinski definition) is 1. The maximum absolute atomic E-state index is 12.3. The fraction of sp³-hybridized carbons (Fsp3) is 0.391. The normalized spacial score (nSPS) is 11.1. The number of carbonyl (C=O) groups is 1. The predicted octanol–water partition coefficient (Wildman–Crippen LogP) is 5.92. The standard InChI is InChI=1S/C23H28N2O3S/c1-5-6-11-27-18-8-10-20-21(13-18)29-23(24-20)25-22(26)14-28-17-7-9-19(15(2)3)16(4)12-17/h7-10,12-13,15H,5-6,11,14H2,1-4H3,(H,24,25,26). The molecule has 6 heteroatoms. The number of amides is 1. The Kier molecular flexibility index (Phi) is 7.09. The molecule has 1 aromatic heterocycles. The predicted molar refractivity (Wildman–Crippen MR) is 119 cm³/mol. The molecule has 3 rings (SSSR count).